The largest absolute Gasteiger partial charge is 0.378 e. The molecule has 2 rings (SSSR count). The maximum absolute atomic E-state index is 13.9. The Bertz CT molecular complexity index is 424. The van der Waals surface area contributed by atoms with Gasteiger partial charge in [-0.1, -0.05) is 17.7 Å². The van der Waals surface area contributed by atoms with Crippen molar-refractivity contribution < 1.29 is 9.13 Å². The predicted molar refractivity (Wildman–Crippen MR) is 74.2 cm³/mol. The van der Waals surface area contributed by atoms with Gasteiger partial charge in [-0.3, -0.25) is 0 Å². The van der Waals surface area contributed by atoms with E-state index >= 15 is 0 Å². The molecular formula is C13H16BrClFNO. The van der Waals surface area contributed by atoms with Crippen molar-refractivity contribution in [1.29, 1.82) is 0 Å². The maximum atomic E-state index is 13.9. The van der Waals surface area contributed by atoms with E-state index in [4.69, 9.17) is 22.1 Å². The molecule has 1 aliphatic heterocycles. The van der Waals surface area contributed by atoms with E-state index in [9.17, 15) is 4.39 Å². The Morgan fingerprint density at radius 2 is 2.33 bits per heavy atom. The summed E-state index contributed by atoms with van der Waals surface area (Å²) in [5.41, 5.74) is 6.50. The lowest BCUT2D eigenvalue weighted by atomic mass is 9.99. The molecule has 0 spiro atoms. The second-order valence-corrected chi connectivity index (χ2v) is 5.82. The molecular weight excluding hydrogens is 321 g/mol. The molecule has 2 N–H and O–H groups in total. The number of nitrogens with two attached hydrogens (primary N) is 1. The molecule has 100 valence electrons. The Labute approximate surface area is 120 Å². The minimum absolute atomic E-state index is 0.0973. The first kappa shape index (κ1) is 14.3. The number of hydrogen-bond donors (Lipinski definition) is 1. The Morgan fingerprint density at radius 3 is 3.00 bits per heavy atom. The molecule has 5 heteroatoms. The van der Waals surface area contributed by atoms with Gasteiger partial charge in [-0.25, -0.2) is 4.39 Å². The van der Waals surface area contributed by atoms with E-state index in [0.29, 0.717) is 16.5 Å². The second-order valence-electron chi connectivity index (χ2n) is 4.58. The third kappa shape index (κ3) is 3.23. The fraction of sp³-hybridized carbons (Fsp3) is 0.538. The van der Waals surface area contributed by atoms with Crippen LogP contribution in [0.4, 0.5) is 4.39 Å². The molecule has 2 atom stereocenters. The van der Waals surface area contributed by atoms with Gasteiger partial charge in [0.2, 0.25) is 0 Å². The van der Waals surface area contributed by atoms with E-state index in [2.05, 4.69) is 15.9 Å². The Hall–Kier alpha value is -0.160. The smallest absolute Gasteiger partial charge is 0.147 e. The molecule has 2 nitrogen and oxygen atoms in total. The van der Waals surface area contributed by atoms with Gasteiger partial charge in [-0.2, -0.15) is 0 Å². The van der Waals surface area contributed by atoms with Gasteiger partial charge >= 0.3 is 0 Å². The van der Waals surface area contributed by atoms with Crippen molar-refractivity contribution in [2.24, 2.45) is 5.73 Å². The molecule has 0 saturated carbocycles. The third-order valence-electron chi connectivity index (χ3n) is 3.29. The van der Waals surface area contributed by atoms with Crippen LogP contribution in [0.3, 0.4) is 0 Å². The van der Waals surface area contributed by atoms with Gasteiger partial charge < -0.3 is 10.5 Å². The molecule has 1 aromatic carbocycles. The maximum Gasteiger partial charge on any atom is 0.147 e. The van der Waals surface area contributed by atoms with E-state index in [-0.39, 0.29) is 17.2 Å². The highest BCUT2D eigenvalue weighted by molar-refractivity contribution is 9.10. The van der Waals surface area contributed by atoms with Crippen LogP contribution >= 0.6 is 27.5 Å². The van der Waals surface area contributed by atoms with E-state index in [0.717, 1.165) is 25.9 Å². The van der Waals surface area contributed by atoms with Gasteiger partial charge in [0.25, 0.3) is 0 Å². The molecule has 0 radical (unpaired) electrons. The molecule has 0 bridgehead atoms. The van der Waals surface area contributed by atoms with Crippen LogP contribution in [-0.2, 0) is 4.74 Å². The lowest BCUT2D eigenvalue weighted by Gasteiger charge is -2.16. The standard InChI is InChI=1S/C13H16BrClFNO/c14-10-5-4-9(13(16)12(10)15)11(17)6-3-8-2-1-7-18-8/h4-5,8,11H,1-3,6-7,17H2. The van der Waals surface area contributed by atoms with Gasteiger partial charge in [0, 0.05) is 22.7 Å². The minimum atomic E-state index is -0.425. The molecule has 1 heterocycles. The highest BCUT2D eigenvalue weighted by Crippen LogP contribution is 2.31. The number of rotatable bonds is 4. The van der Waals surface area contributed by atoms with Crippen LogP contribution in [0.15, 0.2) is 16.6 Å². The summed E-state index contributed by atoms with van der Waals surface area (Å²) < 4.78 is 20.0. The summed E-state index contributed by atoms with van der Waals surface area (Å²) in [6.07, 6.45) is 4.05. The van der Waals surface area contributed by atoms with Crippen LogP contribution in [0.2, 0.25) is 5.02 Å². The van der Waals surface area contributed by atoms with Crippen LogP contribution < -0.4 is 5.73 Å². The number of hydrogen-bond acceptors (Lipinski definition) is 2. The SMILES string of the molecule is NC(CCC1CCCO1)c1ccc(Br)c(Cl)c1F. The van der Waals surface area contributed by atoms with Crippen LogP contribution in [-0.4, -0.2) is 12.7 Å². The number of halogens is 3. The summed E-state index contributed by atoms with van der Waals surface area (Å²) in [5, 5.41) is 0.0973. The van der Waals surface area contributed by atoms with Crippen molar-refractivity contribution in [2.45, 2.75) is 37.8 Å². The molecule has 0 aliphatic carbocycles. The monoisotopic (exact) mass is 335 g/mol. The van der Waals surface area contributed by atoms with Crippen LogP contribution in [0, 0.1) is 5.82 Å². The molecule has 0 aromatic heterocycles. The quantitative estimate of drug-likeness (QED) is 0.836. The molecule has 0 amide bonds. The molecule has 1 saturated heterocycles. The average Bonchev–Trinajstić information content (AvgIpc) is 2.86. The predicted octanol–water partition coefficient (Wildman–Crippen LogP) is 4.20. The van der Waals surface area contributed by atoms with Gasteiger partial charge in [0.05, 0.1) is 11.1 Å². The average molecular weight is 337 g/mol. The number of benzene rings is 1. The zero-order chi connectivity index (χ0) is 13.1. The Morgan fingerprint density at radius 1 is 1.56 bits per heavy atom. The summed E-state index contributed by atoms with van der Waals surface area (Å²) in [6.45, 7) is 0.832. The van der Waals surface area contributed by atoms with E-state index < -0.39 is 5.82 Å². The van der Waals surface area contributed by atoms with Crippen molar-refractivity contribution in [3.63, 3.8) is 0 Å². The summed E-state index contributed by atoms with van der Waals surface area (Å²) >= 11 is 9.04. The first-order valence-corrected chi connectivity index (χ1v) is 7.27. The van der Waals surface area contributed by atoms with Gasteiger partial charge in [0.1, 0.15) is 5.82 Å². The number of ether oxygens (including phenoxy) is 1. The van der Waals surface area contributed by atoms with Crippen LogP contribution in [0.5, 0.6) is 0 Å². The zero-order valence-electron chi connectivity index (χ0n) is 9.96. The third-order valence-corrected chi connectivity index (χ3v) is 4.55. The highest BCUT2D eigenvalue weighted by Gasteiger charge is 2.20. The van der Waals surface area contributed by atoms with Crippen LogP contribution in [0.25, 0.3) is 0 Å². The lowest BCUT2D eigenvalue weighted by molar-refractivity contribution is 0.101. The Balaban J connectivity index is 1.99. The van der Waals surface area contributed by atoms with Crippen molar-refractivity contribution >= 4 is 27.5 Å². The summed E-state index contributed by atoms with van der Waals surface area (Å²) in [5.74, 6) is -0.425. The fourth-order valence-corrected chi connectivity index (χ4v) is 2.70. The highest BCUT2D eigenvalue weighted by atomic mass is 79.9. The topological polar surface area (TPSA) is 35.2 Å². The van der Waals surface area contributed by atoms with E-state index in [1.54, 1.807) is 12.1 Å². The molecule has 18 heavy (non-hydrogen) atoms. The lowest BCUT2D eigenvalue weighted by Crippen LogP contribution is -2.16. The molecule has 1 fully saturated rings. The molecule has 1 aliphatic rings. The van der Waals surface area contributed by atoms with Gasteiger partial charge in [0.15, 0.2) is 0 Å². The van der Waals surface area contributed by atoms with Gasteiger partial charge in [-0.05, 0) is 47.7 Å². The summed E-state index contributed by atoms with van der Waals surface area (Å²) in [6, 6.07) is 3.08. The second kappa shape index (κ2) is 6.33. The molecule has 2 unspecified atom stereocenters. The first-order chi connectivity index (χ1) is 8.59. The van der Waals surface area contributed by atoms with Crippen molar-refractivity contribution in [2.75, 3.05) is 6.61 Å². The normalized spacial score (nSPS) is 21.2. The minimum Gasteiger partial charge on any atom is -0.378 e. The molecule has 1 aromatic rings. The zero-order valence-corrected chi connectivity index (χ0v) is 12.3. The Kier molecular flexibility index (Phi) is 5.01. The van der Waals surface area contributed by atoms with Gasteiger partial charge in [-0.15, -0.1) is 0 Å². The van der Waals surface area contributed by atoms with Crippen molar-refractivity contribution in [3.8, 4) is 0 Å². The van der Waals surface area contributed by atoms with E-state index in [1.165, 1.54) is 0 Å². The van der Waals surface area contributed by atoms with Crippen molar-refractivity contribution in [3.05, 3.63) is 33.0 Å². The van der Waals surface area contributed by atoms with Crippen LogP contribution in [0.1, 0.15) is 37.3 Å². The first-order valence-electron chi connectivity index (χ1n) is 6.10. The summed E-state index contributed by atoms with van der Waals surface area (Å²) in [4.78, 5) is 0. The summed E-state index contributed by atoms with van der Waals surface area (Å²) in [7, 11) is 0. The fourth-order valence-electron chi connectivity index (χ4n) is 2.22. The van der Waals surface area contributed by atoms with E-state index in [1.807, 2.05) is 0 Å². The van der Waals surface area contributed by atoms with Crippen molar-refractivity contribution in [1.82, 2.24) is 0 Å².